The van der Waals surface area contributed by atoms with Crippen molar-refractivity contribution < 1.29 is 4.74 Å². The number of nitrogens with zero attached hydrogens (tertiary/aromatic N) is 1. The maximum atomic E-state index is 6.45. The van der Waals surface area contributed by atoms with Crippen LogP contribution in [0.25, 0.3) is 0 Å². The summed E-state index contributed by atoms with van der Waals surface area (Å²) in [5, 5.41) is 0. The van der Waals surface area contributed by atoms with Crippen LogP contribution in [0.2, 0.25) is 0 Å². The Labute approximate surface area is 125 Å². The number of methoxy groups -OCH3 is 1. The average molecular weight is 282 g/mol. The smallest absolute Gasteiger partial charge is 0.0724 e. The second kappa shape index (κ2) is 6.33. The molecule has 0 aromatic rings. The van der Waals surface area contributed by atoms with E-state index in [4.69, 9.17) is 10.5 Å². The van der Waals surface area contributed by atoms with Crippen molar-refractivity contribution in [2.45, 2.75) is 71.6 Å². The van der Waals surface area contributed by atoms with Gasteiger partial charge in [0.25, 0.3) is 0 Å². The van der Waals surface area contributed by atoms with Gasteiger partial charge in [0.2, 0.25) is 0 Å². The van der Waals surface area contributed by atoms with Crippen molar-refractivity contribution in [1.82, 2.24) is 4.90 Å². The molecule has 0 aromatic heterocycles. The lowest BCUT2D eigenvalue weighted by atomic mass is 9.69. The fourth-order valence-electron chi connectivity index (χ4n) is 4.04. The van der Waals surface area contributed by atoms with E-state index in [2.05, 4.69) is 32.6 Å². The molecule has 1 saturated heterocycles. The Bertz CT molecular complexity index is 313. The number of rotatable bonds is 2. The summed E-state index contributed by atoms with van der Waals surface area (Å²) >= 11 is 0. The quantitative estimate of drug-likeness (QED) is 0.846. The van der Waals surface area contributed by atoms with Crippen molar-refractivity contribution in [2.75, 3.05) is 20.2 Å². The zero-order valence-electron chi connectivity index (χ0n) is 14.1. The number of likely N-dealkylation sites (tertiary alicyclic amines) is 1. The van der Waals surface area contributed by atoms with E-state index in [-0.39, 0.29) is 0 Å². The topological polar surface area (TPSA) is 38.5 Å². The molecule has 0 aromatic carbocycles. The largest absolute Gasteiger partial charge is 0.380 e. The third kappa shape index (κ3) is 3.55. The van der Waals surface area contributed by atoms with Crippen molar-refractivity contribution in [2.24, 2.45) is 23.0 Å². The standard InChI is InChI=1S/C17H34N2O/c1-12-8-9-19(11-16(12)20-5)15-10-13(17(2,3)4)6-7-14(15)18/h12-16H,6-11,18H2,1-5H3. The maximum absolute atomic E-state index is 6.45. The van der Waals surface area contributed by atoms with E-state index in [1.807, 2.05) is 7.11 Å². The van der Waals surface area contributed by atoms with Crippen LogP contribution < -0.4 is 5.73 Å². The highest BCUT2D eigenvalue weighted by molar-refractivity contribution is 4.95. The van der Waals surface area contributed by atoms with Crippen LogP contribution in [-0.4, -0.2) is 43.3 Å². The van der Waals surface area contributed by atoms with E-state index in [1.54, 1.807) is 0 Å². The monoisotopic (exact) mass is 282 g/mol. The normalized spacial score (nSPS) is 40.8. The molecule has 1 aliphatic heterocycles. The van der Waals surface area contributed by atoms with Gasteiger partial charge in [-0.15, -0.1) is 0 Å². The van der Waals surface area contributed by atoms with Gasteiger partial charge in [0.1, 0.15) is 0 Å². The Balaban J connectivity index is 2.02. The first-order valence-corrected chi connectivity index (χ1v) is 8.35. The zero-order chi connectivity index (χ0) is 14.9. The number of hydrogen-bond donors (Lipinski definition) is 1. The Morgan fingerprint density at radius 3 is 2.45 bits per heavy atom. The van der Waals surface area contributed by atoms with Gasteiger partial charge in [-0.25, -0.2) is 0 Å². The molecule has 1 heterocycles. The van der Waals surface area contributed by atoms with Gasteiger partial charge < -0.3 is 10.5 Å². The minimum absolute atomic E-state index is 0.347. The van der Waals surface area contributed by atoms with Crippen LogP contribution >= 0.6 is 0 Å². The van der Waals surface area contributed by atoms with Gasteiger partial charge in [0.15, 0.2) is 0 Å². The van der Waals surface area contributed by atoms with E-state index in [0.29, 0.717) is 29.5 Å². The van der Waals surface area contributed by atoms with Gasteiger partial charge in [-0.1, -0.05) is 27.7 Å². The SMILES string of the molecule is COC1CN(C2CC(C(C)(C)C)CCC2N)CCC1C. The average Bonchev–Trinajstić information content (AvgIpc) is 2.39. The molecular formula is C17H34N2O. The third-order valence-corrected chi connectivity index (χ3v) is 5.79. The van der Waals surface area contributed by atoms with Crippen LogP contribution in [0.15, 0.2) is 0 Å². The zero-order valence-corrected chi connectivity index (χ0v) is 14.1. The first-order chi connectivity index (χ1) is 9.32. The fourth-order valence-corrected chi connectivity index (χ4v) is 4.04. The Hall–Kier alpha value is -0.120. The summed E-state index contributed by atoms with van der Waals surface area (Å²) in [5.74, 6) is 1.47. The second-order valence-corrected chi connectivity index (χ2v) is 8.14. The first-order valence-electron chi connectivity index (χ1n) is 8.35. The Morgan fingerprint density at radius 1 is 1.15 bits per heavy atom. The van der Waals surface area contributed by atoms with Crippen molar-refractivity contribution >= 4 is 0 Å². The van der Waals surface area contributed by atoms with Crippen molar-refractivity contribution in [3.63, 3.8) is 0 Å². The molecular weight excluding hydrogens is 248 g/mol. The lowest BCUT2D eigenvalue weighted by Gasteiger charge is -2.48. The molecule has 2 N–H and O–H groups in total. The molecule has 0 amide bonds. The highest BCUT2D eigenvalue weighted by Crippen LogP contribution is 2.39. The van der Waals surface area contributed by atoms with E-state index >= 15 is 0 Å². The predicted octanol–water partition coefficient (Wildman–Crippen LogP) is 2.89. The Morgan fingerprint density at radius 2 is 1.85 bits per heavy atom. The molecule has 0 radical (unpaired) electrons. The molecule has 118 valence electrons. The maximum Gasteiger partial charge on any atom is 0.0724 e. The lowest BCUT2D eigenvalue weighted by Crippen LogP contribution is -2.57. The van der Waals surface area contributed by atoms with Crippen molar-refractivity contribution in [3.05, 3.63) is 0 Å². The molecule has 5 unspecified atom stereocenters. The van der Waals surface area contributed by atoms with E-state index < -0.39 is 0 Å². The molecule has 20 heavy (non-hydrogen) atoms. The number of piperidine rings is 1. The second-order valence-electron chi connectivity index (χ2n) is 8.14. The van der Waals surface area contributed by atoms with Crippen LogP contribution in [0, 0.1) is 17.3 Å². The van der Waals surface area contributed by atoms with Gasteiger partial charge >= 0.3 is 0 Å². The molecule has 3 nitrogen and oxygen atoms in total. The number of nitrogens with two attached hydrogens (primary N) is 1. The van der Waals surface area contributed by atoms with Crippen LogP contribution in [0.1, 0.15) is 53.4 Å². The molecule has 0 bridgehead atoms. The minimum atomic E-state index is 0.347. The highest BCUT2D eigenvalue weighted by Gasteiger charge is 2.39. The summed E-state index contributed by atoms with van der Waals surface area (Å²) in [5.41, 5.74) is 6.86. The molecule has 5 atom stereocenters. The Kier molecular flexibility index (Phi) is 5.14. The lowest BCUT2D eigenvalue weighted by molar-refractivity contribution is -0.0364. The summed E-state index contributed by atoms with van der Waals surface area (Å²) in [6.45, 7) is 11.7. The number of hydrogen-bond acceptors (Lipinski definition) is 3. The molecule has 3 heteroatoms. The molecule has 1 saturated carbocycles. The van der Waals surface area contributed by atoms with E-state index in [9.17, 15) is 0 Å². The van der Waals surface area contributed by atoms with Crippen molar-refractivity contribution in [3.8, 4) is 0 Å². The molecule has 2 fully saturated rings. The minimum Gasteiger partial charge on any atom is -0.380 e. The van der Waals surface area contributed by atoms with E-state index in [1.165, 1.54) is 32.2 Å². The molecule has 2 aliphatic rings. The molecule has 2 rings (SSSR count). The van der Waals surface area contributed by atoms with Crippen LogP contribution in [0.3, 0.4) is 0 Å². The van der Waals surface area contributed by atoms with Gasteiger partial charge in [-0.3, -0.25) is 4.90 Å². The summed E-state index contributed by atoms with van der Waals surface area (Å²) in [6, 6.07) is 0.901. The van der Waals surface area contributed by atoms with Gasteiger partial charge in [0, 0.05) is 25.7 Å². The molecule has 0 spiro atoms. The van der Waals surface area contributed by atoms with Gasteiger partial charge in [-0.2, -0.15) is 0 Å². The fraction of sp³-hybridized carbons (Fsp3) is 1.00. The molecule has 1 aliphatic carbocycles. The number of ether oxygens (including phenoxy) is 1. The van der Waals surface area contributed by atoms with Crippen LogP contribution in [0.5, 0.6) is 0 Å². The van der Waals surface area contributed by atoms with Crippen LogP contribution in [-0.2, 0) is 4.74 Å². The summed E-state index contributed by atoms with van der Waals surface area (Å²) in [6.07, 6.45) is 5.35. The first kappa shape index (κ1) is 16.3. The predicted molar refractivity (Wildman–Crippen MR) is 84.7 cm³/mol. The van der Waals surface area contributed by atoms with Gasteiger partial charge in [0.05, 0.1) is 6.10 Å². The summed E-state index contributed by atoms with van der Waals surface area (Å²) in [4.78, 5) is 2.62. The van der Waals surface area contributed by atoms with Crippen LogP contribution in [0.4, 0.5) is 0 Å². The van der Waals surface area contributed by atoms with Gasteiger partial charge in [-0.05, 0) is 49.5 Å². The van der Waals surface area contributed by atoms with E-state index in [0.717, 1.165) is 12.5 Å². The van der Waals surface area contributed by atoms with Crippen molar-refractivity contribution in [1.29, 1.82) is 0 Å². The summed E-state index contributed by atoms with van der Waals surface area (Å²) in [7, 11) is 1.85. The third-order valence-electron chi connectivity index (χ3n) is 5.79. The highest BCUT2D eigenvalue weighted by atomic mass is 16.5. The summed E-state index contributed by atoms with van der Waals surface area (Å²) < 4.78 is 5.67.